The largest absolute Gasteiger partial charge is 0.295 e. The van der Waals surface area contributed by atoms with Crippen molar-refractivity contribution in [2.45, 2.75) is 51.7 Å². The molecule has 0 amide bonds. The van der Waals surface area contributed by atoms with Crippen LogP contribution >= 0.6 is 11.3 Å². The molecule has 1 fully saturated rings. The summed E-state index contributed by atoms with van der Waals surface area (Å²) in [7, 11) is 0. The molecule has 0 spiro atoms. The molecule has 1 atom stereocenters. The van der Waals surface area contributed by atoms with Gasteiger partial charge in [-0.05, 0) is 50.9 Å². The Balaban J connectivity index is 1.58. The maximum absolute atomic E-state index is 4.31. The van der Waals surface area contributed by atoms with Crippen molar-refractivity contribution in [3.63, 3.8) is 0 Å². The first-order chi connectivity index (χ1) is 9.81. The Labute approximate surface area is 125 Å². The SMILES string of the molecule is Cc1ccc(CN2CCCC[C@@H]2CCn2cccn2)s1. The molecule has 1 aliphatic rings. The Hall–Kier alpha value is -1.13. The van der Waals surface area contributed by atoms with Crippen LogP contribution in [0.15, 0.2) is 30.6 Å². The second-order valence-corrected chi connectivity index (χ2v) is 7.06. The fourth-order valence-electron chi connectivity index (χ4n) is 3.08. The minimum absolute atomic E-state index is 0.718. The van der Waals surface area contributed by atoms with Gasteiger partial charge >= 0.3 is 0 Å². The molecule has 3 rings (SSSR count). The Morgan fingerprint density at radius 3 is 3.05 bits per heavy atom. The van der Waals surface area contributed by atoms with Gasteiger partial charge in [-0.25, -0.2) is 0 Å². The van der Waals surface area contributed by atoms with Crippen LogP contribution in [0.25, 0.3) is 0 Å². The van der Waals surface area contributed by atoms with Gasteiger partial charge in [-0.15, -0.1) is 11.3 Å². The monoisotopic (exact) mass is 289 g/mol. The van der Waals surface area contributed by atoms with Crippen LogP contribution in [-0.2, 0) is 13.1 Å². The Morgan fingerprint density at radius 1 is 1.35 bits per heavy atom. The number of hydrogen-bond donors (Lipinski definition) is 0. The number of rotatable bonds is 5. The minimum atomic E-state index is 0.718. The van der Waals surface area contributed by atoms with Gasteiger partial charge in [0.05, 0.1) is 0 Å². The average molecular weight is 289 g/mol. The molecule has 0 N–H and O–H groups in total. The molecule has 2 aromatic rings. The van der Waals surface area contributed by atoms with E-state index in [9.17, 15) is 0 Å². The van der Waals surface area contributed by atoms with Gasteiger partial charge < -0.3 is 0 Å². The van der Waals surface area contributed by atoms with Gasteiger partial charge in [-0.3, -0.25) is 9.58 Å². The van der Waals surface area contributed by atoms with Crippen molar-refractivity contribution < 1.29 is 0 Å². The van der Waals surface area contributed by atoms with Crippen molar-refractivity contribution in [2.24, 2.45) is 0 Å². The lowest BCUT2D eigenvalue weighted by molar-refractivity contribution is 0.128. The third-order valence-corrected chi connectivity index (χ3v) is 5.14. The lowest BCUT2D eigenvalue weighted by Crippen LogP contribution is -2.39. The molecule has 1 aliphatic heterocycles. The van der Waals surface area contributed by atoms with Gasteiger partial charge in [0.15, 0.2) is 0 Å². The molecule has 0 unspecified atom stereocenters. The van der Waals surface area contributed by atoms with Crippen LogP contribution in [0.1, 0.15) is 35.4 Å². The van der Waals surface area contributed by atoms with Crippen LogP contribution in [0.5, 0.6) is 0 Å². The van der Waals surface area contributed by atoms with E-state index in [0.29, 0.717) is 0 Å². The molecule has 0 bridgehead atoms. The van der Waals surface area contributed by atoms with E-state index in [-0.39, 0.29) is 0 Å². The second kappa shape index (κ2) is 6.55. The molecule has 108 valence electrons. The topological polar surface area (TPSA) is 21.1 Å². The number of aryl methyl sites for hydroxylation is 2. The third-order valence-electron chi connectivity index (χ3n) is 4.15. The predicted molar refractivity (Wildman–Crippen MR) is 83.9 cm³/mol. The molecule has 2 aromatic heterocycles. The summed E-state index contributed by atoms with van der Waals surface area (Å²) in [5.41, 5.74) is 0. The number of aromatic nitrogens is 2. The average Bonchev–Trinajstić information content (AvgIpc) is 3.10. The van der Waals surface area contributed by atoms with Crippen LogP contribution in [0, 0.1) is 6.92 Å². The van der Waals surface area contributed by atoms with Crippen molar-refractivity contribution in [3.8, 4) is 0 Å². The van der Waals surface area contributed by atoms with Gasteiger partial charge in [-0.1, -0.05) is 6.42 Å². The molecule has 20 heavy (non-hydrogen) atoms. The molecule has 0 aromatic carbocycles. The first-order valence-electron chi connectivity index (χ1n) is 7.58. The van der Waals surface area contributed by atoms with Gasteiger partial charge in [0.1, 0.15) is 0 Å². The molecule has 3 nitrogen and oxygen atoms in total. The smallest absolute Gasteiger partial charge is 0.0489 e. The fourth-order valence-corrected chi connectivity index (χ4v) is 4.00. The highest BCUT2D eigenvalue weighted by atomic mass is 32.1. The molecule has 1 saturated heterocycles. The highest BCUT2D eigenvalue weighted by molar-refractivity contribution is 7.11. The normalized spacial score (nSPS) is 20.4. The molecule has 0 saturated carbocycles. The van der Waals surface area contributed by atoms with Crippen molar-refractivity contribution in [3.05, 3.63) is 40.3 Å². The van der Waals surface area contributed by atoms with E-state index in [0.717, 1.165) is 19.1 Å². The number of nitrogens with zero attached hydrogens (tertiary/aromatic N) is 3. The summed E-state index contributed by atoms with van der Waals surface area (Å²) < 4.78 is 2.06. The first-order valence-corrected chi connectivity index (χ1v) is 8.40. The third kappa shape index (κ3) is 3.49. The summed E-state index contributed by atoms with van der Waals surface area (Å²) in [6.07, 6.45) is 9.22. The van der Waals surface area contributed by atoms with Gasteiger partial charge in [0.2, 0.25) is 0 Å². The zero-order chi connectivity index (χ0) is 13.8. The molecule has 0 aliphatic carbocycles. The molecular formula is C16H23N3S. The summed E-state index contributed by atoms with van der Waals surface area (Å²) in [6.45, 7) is 5.61. The highest BCUT2D eigenvalue weighted by Gasteiger charge is 2.22. The maximum Gasteiger partial charge on any atom is 0.0489 e. The first kappa shape index (κ1) is 13.8. The van der Waals surface area contributed by atoms with E-state index >= 15 is 0 Å². The number of likely N-dealkylation sites (tertiary alicyclic amines) is 1. The second-order valence-electron chi connectivity index (χ2n) is 5.69. The van der Waals surface area contributed by atoms with Gasteiger partial charge in [0, 0.05) is 41.3 Å². The quantitative estimate of drug-likeness (QED) is 0.837. The number of hydrogen-bond acceptors (Lipinski definition) is 3. The van der Waals surface area contributed by atoms with E-state index < -0.39 is 0 Å². The van der Waals surface area contributed by atoms with Crippen LogP contribution in [-0.4, -0.2) is 27.3 Å². The van der Waals surface area contributed by atoms with Gasteiger partial charge in [0.25, 0.3) is 0 Å². The number of piperidine rings is 1. The van der Waals surface area contributed by atoms with Crippen molar-refractivity contribution >= 4 is 11.3 Å². The van der Waals surface area contributed by atoms with E-state index in [4.69, 9.17) is 0 Å². The van der Waals surface area contributed by atoms with Crippen molar-refractivity contribution in [2.75, 3.05) is 6.54 Å². The Kier molecular flexibility index (Phi) is 4.53. The Morgan fingerprint density at radius 2 is 2.30 bits per heavy atom. The van der Waals surface area contributed by atoms with E-state index in [1.165, 1.54) is 42.0 Å². The lowest BCUT2D eigenvalue weighted by Gasteiger charge is -2.35. The van der Waals surface area contributed by atoms with Crippen LogP contribution in [0.3, 0.4) is 0 Å². The van der Waals surface area contributed by atoms with E-state index in [1.54, 1.807) is 0 Å². The maximum atomic E-state index is 4.31. The summed E-state index contributed by atoms with van der Waals surface area (Å²) in [5.74, 6) is 0. The summed E-state index contributed by atoms with van der Waals surface area (Å²) in [5, 5.41) is 4.31. The summed E-state index contributed by atoms with van der Waals surface area (Å²) in [4.78, 5) is 5.61. The van der Waals surface area contributed by atoms with Crippen molar-refractivity contribution in [1.29, 1.82) is 0 Å². The molecule has 4 heteroatoms. The molecular weight excluding hydrogens is 266 g/mol. The summed E-state index contributed by atoms with van der Waals surface area (Å²) in [6, 6.07) is 7.25. The van der Waals surface area contributed by atoms with Crippen LogP contribution < -0.4 is 0 Å². The lowest BCUT2D eigenvalue weighted by atomic mass is 9.99. The highest BCUT2D eigenvalue weighted by Crippen LogP contribution is 2.25. The van der Waals surface area contributed by atoms with E-state index in [2.05, 4.69) is 39.9 Å². The Bertz CT molecular complexity index is 518. The number of thiophene rings is 1. The zero-order valence-corrected chi connectivity index (χ0v) is 13.0. The zero-order valence-electron chi connectivity index (χ0n) is 12.2. The van der Waals surface area contributed by atoms with Crippen molar-refractivity contribution in [1.82, 2.24) is 14.7 Å². The molecule has 3 heterocycles. The van der Waals surface area contributed by atoms with Gasteiger partial charge in [-0.2, -0.15) is 5.10 Å². The predicted octanol–water partition coefficient (Wildman–Crippen LogP) is 3.70. The van der Waals surface area contributed by atoms with Crippen LogP contribution in [0.4, 0.5) is 0 Å². The fraction of sp³-hybridized carbons (Fsp3) is 0.562. The van der Waals surface area contributed by atoms with Crippen LogP contribution in [0.2, 0.25) is 0 Å². The summed E-state index contributed by atoms with van der Waals surface area (Å²) >= 11 is 1.94. The van der Waals surface area contributed by atoms with E-state index in [1.807, 2.05) is 23.6 Å². The standard InChI is InChI=1S/C16H23N3S/c1-14-6-7-16(20-14)13-18-10-3-2-5-15(18)8-12-19-11-4-9-17-19/h4,6-7,9,11,15H,2-3,5,8,10,12-13H2,1H3/t15-/m1/s1. The minimum Gasteiger partial charge on any atom is -0.295 e. The molecule has 0 radical (unpaired) electrons.